The van der Waals surface area contributed by atoms with Crippen LogP contribution in [0.25, 0.3) is 11.3 Å². The molecule has 190 valence electrons. The van der Waals surface area contributed by atoms with Gasteiger partial charge in [-0.25, -0.2) is 15.0 Å². The molecule has 0 aliphatic carbocycles. The fourth-order valence-electron chi connectivity index (χ4n) is 3.38. The highest BCUT2D eigenvalue weighted by molar-refractivity contribution is 9.11. The van der Waals surface area contributed by atoms with Gasteiger partial charge in [-0.3, -0.25) is 9.69 Å². The number of aromatic nitrogens is 3. The van der Waals surface area contributed by atoms with Gasteiger partial charge in [-0.05, 0) is 65.7 Å². The number of amidine groups is 1. The zero-order valence-corrected chi connectivity index (χ0v) is 23.9. The van der Waals surface area contributed by atoms with Crippen LogP contribution in [0.4, 0.5) is 5.69 Å². The van der Waals surface area contributed by atoms with Gasteiger partial charge < -0.3 is 9.84 Å². The van der Waals surface area contributed by atoms with Crippen LogP contribution < -0.4 is 4.90 Å². The van der Waals surface area contributed by atoms with Crippen molar-refractivity contribution in [2.45, 2.75) is 60.7 Å². The van der Waals surface area contributed by atoms with Crippen molar-refractivity contribution in [1.29, 1.82) is 0 Å². The quantitative estimate of drug-likeness (QED) is 0.155. The van der Waals surface area contributed by atoms with Crippen molar-refractivity contribution < 1.29 is 14.6 Å². The highest BCUT2D eigenvalue weighted by Gasteiger charge is 2.22. The molecular weight excluding hydrogens is 542 g/mol. The molecule has 2 aromatic heterocycles. The van der Waals surface area contributed by atoms with E-state index in [-0.39, 0.29) is 6.61 Å². The van der Waals surface area contributed by atoms with Crippen molar-refractivity contribution in [3.05, 3.63) is 67.8 Å². The second-order valence-electron chi connectivity index (χ2n) is 8.91. The molecule has 3 rings (SSSR count). The third-order valence-corrected chi connectivity index (χ3v) is 6.46. The van der Waals surface area contributed by atoms with E-state index >= 15 is 0 Å². The molecule has 3 aromatic rings. The molecule has 0 saturated heterocycles. The maximum absolute atomic E-state index is 12.2. The standard InChI is InChI=1S/C26H30BrN5O3S/c1-15-8-9-20(23-16(2)11-28-25(31-23)26(6,7)34)10-22(15)32(14-33)18(4)29-24(17(3)27)35-12-21-13-36-19(5)30-21/h8-11,13-14,34H,12H2,1-7H3/b24-17-,29-18-. The Labute approximate surface area is 223 Å². The molecule has 0 spiro atoms. The van der Waals surface area contributed by atoms with Crippen molar-refractivity contribution in [3.8, 4) is 11.3 Å². The molecule has 0 radical (unpaired) electrons. The molecule has 2 heterocycles. The van der Waals surface area contributed by atoms with E-state index in [0.29, 0.717) is 33.4 Å². The summed E-state index contributed by atoms with van der Waals surface area (Å²) in [4.78, 5) is 31.6. The molecule has 0 fully saturated rings. The summed E-state index contributed by atoms with van der Waals surface area (Å²) in [6.45, 7) is 12.9. The number of ether oxygens (including phenoxy) is 1. The average Bonchev–Trinajstić information content (AvgIpc) is 3.22. The highest BCUT2D eigenvalue weighted by Crippen LogP contribution is 2.30. The van der Waals surface area contributed by atoms with Crippen LogP contribution in [0.2, 0.25) is 0 Å². The van der Waals surface area contributed by atoms with E-state index < -0.39 is 5.60 Å². The lowest BCUT2D eigenvalue weighted by molar-refractivity contribution is -0.106. The number of aliphatic imine (C=N–C) groups is 1. The number of carbonyl (C=O) groups is 1. The Morgan fingerprint density at radius 2 is 1.94 bits per heavy atom. The normalized spacial score (nSPS) is 12.9. The summed E-state index contributed by atoms with van der Waals surface area (Å²) in [5, 5.41) is 13.3. The number of allylic oxidation sites excluding steroid dienone is 1. The first-order valence-electron chi connectivity index (χ1n) is 11.3. The van der Waals surface area contributed by atoms with Crippen molar-refractivity contribution >= 4 is 45.2 Å². The summed E-state index contributed by atoms with van der Waals surface area (Å²) in [6, 6.07) is 5.74. The average molecular weight is 573 g/mol. The number of amides is 1. The van der Waals surface area contributed by atoms with Crippen LogP contribution in [0.5, 0.6) is 0 Å². The number of carbonyl (C=O) groups excluding carboxylic acids is 1. The number of hydrogen-bond donors (Lipinski definition) is 1. The zero-order valence-electron chi connectivity index (χ0n) is 21.5. The van der Waals surface area contributed by atoms with Crippen LogP contribution in [0.1, 0.15) is 55.3 Å². The third kappa shape index (κ3) is 6.63. The number of nitrogens with zero attached hydrogens (tertiary/aromatic N) is 5. The third-order valence-electron chi connectivity index (χ3n) is 5.30. The molecule has 1 aromatic carbocycles. The fraction of sp³-hybridized carbons (Fsp3) is 0.346. The van der Waals surface area contributed by atoms with E-state index in [1.807, 2.05) is 51.3 Å². The molecule has 0 unspecified atom stereocenters. The van der Waals surface area contributed by atoms with Crippen LogP contribution in [0, 0.1) is 20.8 Å². The number of halogens is 1. The number of aliphatic hydroxyl groups is 1. The van der Waals surface area contributed by atoms with E-state index in [0.717, 1.165) is 33.8 Å². The molecule has 8 nitrogen and oxygen atoms in total. The van der Waals surface area contributed by atoms with Gasteiger partial charge >= 0.3 is 0 Å². The number of rotatable bonds is 8. The number of benzene rings is 1. The van der Waals surface area contributed by atoms with E-state index in [1.54, 1.807) is 38.3 Å². The lowest BCUT2D eigenvalue weighted by Gasteiger charge is -2.21. The smallest absolute Gasteiger partial charge is 0.225 e. The number of thiazole rings is 1. The predicted molar refractivity (Wildman–Crippen MR) is 147 cm³/mol. The van der Waals surface area contributed by atoms with Crippen molar-refractivity contribution in [2.24, 2.45) is 4.99 Å². The van der Waals surface area contributed by atoms with Gasteiger partial charge in [-0.1, -0.05) is 28.1 Å². The summed E-state index contributed by atoms with van der Waals surface area (Å²) in [6.07, 6.45) is 2.42. The van der Waals surface area contributed by atoms with Gasteiger partial charge in [0, 0.05) is 17.1 Å². The van der Waals surface area contributed by atoms with E-state index in [9.17, 15) is 9.90 Å². The predicted octanol–water partition coefficient (Wildman–Crippen LogP) is 5.93. The Morgan fingerprint density at radius 1 is 1.22 bits per heavy atom. The van der Waals surface area contributed by atoms with Crippen LogP contribution in [0.3, 0.4) is 0 Å². The largest absolute Gasteiger partial charge is 0.471 e. The van der Waals surface area contributed by atoms with Crippen LogP contribution in [-0.2, 0) is 21.7 Å². The maximum atomic E-state index is 12.2. The van der Waals surface area contributed by atoms with Gasteiger partial charge in [0.15, 0.2) is 5.82 Å². The number of hydrogen-bond acceptors (Lipinski definition) is 8. The Bertz CT molecular complexity index is 1320. The summed E-state index contributed by atoms with van der Waals surface area (Å²) in [5.41, 5.74) is 3.51. The Hall–Kier alpha value is -2.95. The lowest BCUT2D eigenvalue weighted by Crippen LogP contribution is -2.28. The topological polar surface area (TPSA) is 101 Å². The van der Waals surface area contributed by atoms with Crippen LogP contribution >= 0.6 is 27.3 Å². The highest BCUT2D eigenvalue weighted by atomic mass is 79.9. The van der Waals surface area contributed by atoms with Gasteiger partial charge in [-0.15, -0.1) is 11.3 Å². The van der Waals surface area contributed by atoms with Crippen LogP contribution in [-0.4, -0.2) is 32.3 Å². The fourth-order valence-corrected chi connectivity index (χ4v) is 4.18. The van der Waals surface area contributed by atoms with E-state index in [4.69, 9.17) is 4.74 Å². The van der Waals surface area contributed by atoms with E-state index in [2.05, 4.69) is 35.9 Å². The summed E-state index contributed by atoms with van der Waals surface area (Å²) in [5.74, 6) is 1.12. The number of anilines is 1. The van der Waals surface area contributed by atoms with Gasteiger partial charge in [0.1, 0.15) is 18.0 Å². The van der Waals surface area contributed by atoms with Gasteiger partial charge in [0.2, 0.25) is 12.3 Å². The zero-order chi connectivity index (χ0) is 26.6. The molecule has 0 saturated carbocycles. The molecule has 1 N–H and O–H groups in total. The monoisotopic (exact) mass is 571 g/mol. The minimum Gasteiger partial charge on any atom is -0.471 e. The van der Waals surface area contributed by atoms with Crippen molar-refractivity contribution in [3.63, 3.8) is 0 Å². The molecule has 0 aliphatic heterocycles. The van der Waals surface area contributed by atoms with Gasteiger partial charge in [0.25, 0.3) is 0 Å². The summed E-state index contributed by atoms with van der Waals surface area (Å²) >= 11 is 5.01. The van der Waals surface area contributed by atoms with Crippen molar-refractivity contribution in [1.82, 2.24) is 15.0 Å². The van der Waals surface area contributed by atoms with Crippen LogP contribution in [0.15, 0.2) is 45.1 Å². The first kappa shape index (κ1) is 27.6. The first-order valence-corrected chi connectivity index (χ1v) is 13.0. The minimum absolute atomic E-state index is 0.269. The van der Waals surface area contributed by atoms with Gasteiger partial charge in [0.05, 0.1) is 26.6 Å². The molecule has 0 atom stereocenters. The molecule has 36 heavy (non-hydrogen) atoms. The molecular formula is C26H30BrN5O3S. The number of aryl methyl sites for hydroxylation is 3. The molecule has 0 bridgehead atoms. The minimum atomic E-state index is -1.18. The molecule has 1 amide bonds. The Kier molecular flexibility index (Phi) is 8.76. The second-order valence-corrected chi connectivity index (χ2v) is 11.2. The molecule has 10 heteroatoms. The Morgan fingerprint density at radius 3 is 2.53 bits per heavy atom. The lowest BCUT2D eigenvalue weighted by atomic mass is 10.0. The Balaban J connectivity index is 1.97. The maximum Gasteiger partial charge on any atom is 0.225 e. The molecule has 0 aliphatic rings. The second kappa shape index (κ2) is 11.4. The van der Waals surface area contributed by atoms with Gasteiger partial charge in [-0.2, -0.15) is 4.99 Å². The van der Waals surface area contributed by atoms with E-state index in [1.165, 1.54) is 4.90 Å². The SMILES string of the molecule is C/C(=N/C(OCc1csc(C)n1)=C(\C)Br)N(C=O)c1cc(-c2nc(C(C)(C)O)ncc2C)ccc1C. The van der Waals surface area contributed by atoms with Crippen molar-refractivity contribution in [2.75, 3.05) is 4.90 Å². The summed E-state index contributed by atoms with van der Waals surface area (Å²) in [7, 11) is 0. The summed E-state index contributed by atoms with van der Waals surface area (Å²) < 4.78 is 6.59. The first-order chi connectivity index (χ1) is 16.9.